The van der Waals surface area contributed by atoms with Crippen molar-refractivity contribution < 1.29 is 29.0 Å². The average Bonchev–Trinajstić information content (AvgIpc) is 3.37. The third-order valence-electron chi connectivity index (χ3n) is 5.35. The van der Waals surface area contributed by atoms with Gasteiger partial charge in [0.2, 0.25) is 5.16 Å². The molecule has 188 valence electrons. The monoisotopic (exact) mass is 513 g/mol. The van der Waals surface area contributed by atoms with Gasteiger partial charge in [0.25, 0.3) is 5.69 Å². The first kappa shape index (κ1) is 25.0. The summed E-state index contributed by atoms with van der Waals surface area (Å²) in [4.78, 5) is 29.3. The minimum absolute atomic E-state index is 0.0998. The Kier molecular flexibility index (Phi) is 7.71. The molecule has 0 radical (unpaired) electrons. The van der Waals surface area contributed by atoms with Crippen LogP contribution in [-0.2, 0) is 9.53 Å². The normalized spacial score (nSPS) is 13.9. The molecular formula is C23H23N5O7S. The number of nitro benzene ring substituents is 1. The zero-order valence-electron chi connectivity index (χ0n) is 19.5. The molecule has 1 aromatic heterocycles. The van der Waals surface area contributed by atoms with Crippen LogP contribution in [0.5, 0.6) is 11.5 Å². The van der Waals surface area contributed by atoms with Crippen LogP contribution in [0.25, 0.3) is 17.5 Å². The summed E-state index contributed by atoms with van der Waals surface area (Å²) < 4.78 is 15.9. The first-order chi connectivity index (χ1) is 17.4. The van der Waals surface area contributed by atoms with Crippen LogP contribution in [0.4, 0.5) is 11.4 Å². The van der Waals surface area contributed by atoms with Gasteiger partial charge in [0.15, 0.2) is 5.82 Å². The molecule has 0 aliphatic carbocycles. The second-order valence-electron chi connectivity index (χ2n) is 7.59. The third-order valence-corrected chi connectivity index (χ3v) is 6.23. The molecule has 1 aliphatic rings. The number of aliphatic carboxylic acids is 1. The number of aromatic amines is 1. The number of morpholine rings is 1. The van der Waals surface area contributed by atoms with E-state index in [1.165, 1.54) is 26.4 Å². The molecule has 2 N–H and O–H groups in total. The smallest absolute Gasteiger partial charge is 0.342 e. The number of methoxy groups -OCH3 is 2. The lowest BCUT2D eigenvalue weighted by molar-refractivity contribution is -0.384. The van der Waals surface area contributed by atoms with Gasteiger partial charge < -0.3 is 24.2 Å². The molecule has 0 amide bonds. The van der Waals surface area contributed by atoms with Crippen molar-refractivity contribution in [2.45, 2.75) is 5.16 Å². The van der Waals surface area contributed by atoms with Crippen LogP contribution < -0.4 is 14.4 Å². The number of anilines is 1. The fourth-order valence-electron chi connectivity index (χ4n) is 3.60. The average molecular weight is 514 g/mol. The van der Waals surface area contributed by atoms with Crippen molar-refractivity contribution in [3.63, 3.8) is 0 Å². The number of carboxylic acids is 1. The number of nitro groups is 1. The summed E-state index contributed by atoms with van der Waals surface area (Å²) in [5.74, 6) is 0.297. The topological polar surface area (TPSA) is 153 Å². The van der Waals surface area contributed by atoms with Gasteiger partial charge in [0, 0.05) is 30.8 Å². The standard InChI is InChI=1S/C23H23N5O7S/c1-33-16-11-15(12-17(13-16)34-2)21-24-23(26-25-21)36-20(22(29)30)10-14-3-4-18(19(9-14)28(31)32)27-5-7-35-8-6-27/h3-4,9-13H,5-8H2,1-2H3,(H,29,30)(H,24,25,26)/b20-10+. The summed E-state index contributed by atoms with van der Waals surface area (Å²) in [6, 6.07) is 9.82. The van der Waals surface area contributed by atoms with E-state index in [4.69, 9.17) is 14.2 Å². The third kappa shape index (κ3) is 5.75. The molecule has 2 heterocycles. The number of aromatic nitrogens is 3. The molecule has 0 unspecified atom stereocenters. The van der Waals surface area contributed by atoms with E-state index in [0.717, 1.165) is 11.8 Å². The van der Waals surface area contributed by atoms with Gasteiger partial charge in [-0.3, -0.25) is 15.2 Å². The molecule has 12 nitrogen and oxygen atoms in total. The lowest BCUT2D eigenvalue weighted by Crippen LogP contribution is -2.36. The summed E-state index contributed by atoms with van der Waals surface area (Å²) in [5.41, 5.74) is 1.38. The van der Waals surface area contributed by atoms with Crippen molar-refractivity contribution >= 4 is 35.2 Å². The molecule has 0 bridgehead atoms. The number of thioether (sulfide) groups is 1. The molecule has 0 atom stereocenters. The van der Waals surface area contributed by atoms with Crippen molar-refractivity contribution in [3.8, 4) is 22.9 Å². The van der Waals surface area contributed by atoms with Gasteiger partial charge in [-0.25, -0.2) is 9.78 Å². The highest BCUT2D eigenvalue weighted by Gasteiger charge is 2.22. The molecule has 1 saturated heterocycles. The Morgan fingerprint density at radius 3 is 2.50 bits per heavy atom. The highest BCUT2D eigenvalue weighted by atomic mass is 32.2. The number of rotatable bonds is 9. The van der Waals surface area contributed by atoms with Crippen LogP contribution in [0.2, 0.25) is 0 Å². The number of nitrogens with zero attached hydrogens (tertiary/aromatic N) is 4. The van der Waals surface area contributed by atoms with Crippen molar-refractivity contribution in [2.75, 3.05) is 45.4 Å². The summed E-state index contributed by atoms with van der Waals surface area (Å²) in [6.07, 6.45) is 1.35. The summed E-state index contributed by atoms with van der Waals surface area (Å²) in [5, 5.41) is 28.5. The number of nitrogens with one attached hydrogen (secondary N) is 1. The molecule has 13 heteroatoms. The van der Waals surface area contributed by atoms with E-state index in [1.54, 1.807) is 30.3 Å². The van der Waals surface area contributed by atoms with E-state index in [2.05, 4.69) is 15.2 Å². The highest BCUT2D eigenvalue weighted by Crippen LogP contribution is 2.33. The van der Waals surface area contributed by atoms with Gasteiger partial charge in [-0.2, -0.15) is 0 Å². The molecular weight excluding hydrogens is 490 g/mol. The quantitative estimate of drug-likeness (QED) is 0.187. The maximum Gasteiger partial charge on any atom is 0.342 e. The Bertz CT molecular complexity index is 1280. The minimum Gasteiger partial charge on any atom is -0.497 e. The van der Waals surface area contributed by atoms with Gasteiger partial charge in [-0.05, 0) is 41.6 Å². The molecule has 1 fully saturated rings. The van der Waals surface area contributed by atoms with Crippen LogP contribution in [-0.4, -0.2) is 71.7 Å². The first-order valence-corrected chi connectivity index (χ1v) is 11.6. The van der Waals surface area contributed by atoms with Crippen LogP contribution in [0.15, 0.2) is 46.5 Å². The lowest BCUT2D eigenvalue weighted by Gasteiger charge is -2.28. The van der Waals surface area contributed by atoms with Crippen molar-refractivity contribution in [2.24, 2.45) is 0 Å². The van der Waals surface area contributed by atoms with Crippen LogP contribution in [0.3, 0.4) is 0 Å². The Balaban J connectivity index is 1.60. The van der Waals surface area contributed by atoms with E-state index in [1.807, 2.05) is 4.90 Å². The number of hydrogen-bond donors (Lipinski definition) is 2. The van der Waals surface area contributed by atoms with Crippen molar-refractivity contribution in [1.29, 1.82) is 0 Å². The molecule has 3 aromatic rings. The van der Waals surface area contributed by atoms with Crippen LogP contribution >= 0.6 is 11.8 Å². The van der Waals surface area contributed by atoms with E-state index in [0.29, 0.717) is 60.4 Å². The number of H-pyrrole nitrogens is 1. The minimum atomic E-state index is -1.21. The number of carboxylic acid groups (broad SMARTS) is 1. The first-order valence-electron chi connectivity index (χ1n) is 10.8. The highest BCUT2D eigenvalue weighted by molar-refractivity contribution is 8.04. The van der Waals surface area contributed by atoms with Gasteiger partial charge in [-0.15, -0.1) is 5.10 Å². The fraction of sp³-hybridized carbons (Fsp3) is 0.261. The number of carbonyl (C=O) groups is 1. The Hall–Kier alpha value is -4.10. The zero-order chi connectivity index (χ0) is 25.7. The van der Waals surface area contributed by atoms with Crippen molar-refractivity contribution in [3.05, 3.63) is 57.0 Å². The largest absolute Gasteiger partial charge is 0.497 e. The SMILES string of the molecule is COc1cc(OC)cc(-c2nc(S/C(=C/c3ccc(N4CCOCC4)c([N+](=O)[O-])c3)C(=O)O)n[nH]2)c1. The van der Waals surface area contributed by atoms with Crippen LogP contribution in [0.1, 0.15) is 5.56 Å². The molecule has 1 aliphatic heterocycles. The predicted octanol–water partition coefficient (Wildman–Crippen LogP) is 3.45. The van der Waals surface area contributed by atoms with E-state index >= 15 is 0 Å². The summed E-state index contributed by atoms with van der Waals surface area (Å²) in [7, 11) is 3.06. The van der Waals surface area contributed by atoms with Gasteiger partial charge in [0.05, 0.1) is 32.4 Å². The van der Waals surface area contributed by atoms with Gasteiger partial charge in [-0.1, -0.05) is 6.07 Å². The van der Waals surface area contributed by atoms with E-state index in [9.17, 15) is 20.0 Å². The van der Waals surface area contributed by atoms with Gasteiger partial charge in [0.1, 0.15) is 22.1 Å². The van der Waals surface area contributed by atoms with Gasteiger partial charge >= 0.3 is 5.97 Å². The fourth-order valence-corrected chi connectivity index (χ4v) is 4.31. The maximum atomic E-state index is 11.9. The number of ether oxygens (including phenoxy) is 3. The lowest BCUT2D eigenvalue weighted by atomic mass is 10.1. The summed E-state index contributed by atoms with van der Waals surface area (Å²) >= 11 is 0.822. The van der Waals surface area contributed by atoms with Crippen LogP contribution in [0, 0.1) is 10.1 Å². The Labute approximate surface area is 210 Å². The predicted molar refractivity (Wildman–Crippen MR) is 133 cm³/mol. The number of hydrogen-bond acceptors (Lipinski definition) is 10. The molecule has 36 heavy (non-hydrogen) atoms. The molecule has 0 saturated carbocycles. The summed E-state index contributed by atoms with van der Waals surface area (Å²) in [6.45, 7) is 2.05. The second-order valence-corrected chi connectivity index (χ2v) is 8.60. The molecule has 4 rings (SSSR count). The van der Waals surface area contributed by atoms with E-state index < -0.39 is 10.9 Å². The Morgan fingerprint density at radius 2 is 1.89 bits per heavy atom. The maximum absolute atomic E-state index is 11.9. The number of benzene rings is 2. The second kappa shape index (κ2) is 11.1. The molecule has 2 aromatic carbocycles. The zero-order valence-corrected chi connectivity index (χ0v) is 20.3. The Morgan fingerprint density at radius 1 is 1.19 bits per heavy atom. The molecule has 0 spiro atoms. The van der Waals surface area contributed by atoms with E-state index in [-0.39, 0.29) is 15.7 Å². The van der Waals surface area contributed by atoms with Crippen molar-refractivity contribution in [1.82, 2.24) is 15.2 Å².